The maximum Gasteiger partial charge on any atom is 0.250 e. The molecule has 1 fully saturated rings. The molecule has 2 heterocycles. The van der Waals surface area contributed by atoms with Gasteiger partial charge in [-0.15, -0.1) is 11.3 Å². The molecule has 0 bridgehead atoms. The maximum atomic E-state index is 13.0. The number of nitrogens with one attached hydrogen (secondary N) is 1. The summed E-state index contributed by atoms with van der Waals surface area (Å²) in [7, 11) is -7.15. The molecule has 1 aliphatic rings. The lowest BCUT2D eigenvalue weighted by Gasteiger charge is -2.31. The van der Waals surface area contributed by atoms with Gasteiger partial charge in [0.25, 0.3) is 0 Å². The van der Waals surface area contributed by atoms with E-state index in [1.54, 1.807) is 29.6 Å². The van der Waals surface area contributed by atoms with Gasteiger partial charge in [-0.2, -0.15) is 4.31 Å². The molecule has 0 aliphatic carbocycles. The van der Waals surface area contributed by atoms with Crippen LogP contribution in [0.3, 0.4) is 0 Å². The monoisotopic (exact) mass is 436 g/mol. The van der Waals surface area contributed by atoms with Crippen molar-refractivity contribution in [3.63, 3.8) is 0 Å². The zero-order valence-electron chi connectivity index (χ0n) is 15.0. The Morgan fingerprint density at radius 1 is 0.893 bits per heavy atom. The standard InChI is InChI=1S/C19H20N2O4S3/c22-27(23,19-6-3-13-26-19)20-17-9-11-21(12-10-17)28(24,25)18-8-7-15-4-1-2-5-16(15)14-18/h1-8,13-14,17,20H,9-12H2. The third kappa shape index (κ3) is 3.85. The number of benzene rings is 2. The number of nitrogens with zero attached hydrogens (tertiary/aromatic N) is 1. The molecule has 1 N–H and O–H groups in total. The summed E-state index contributed by atoms with van der Waals surface area (Å²) < 4.78 is 55.1. The number of sulfonamides is 2. The lowest BCUT2D eigenvalue weighted by molar-refractivity contribution is 0.308. The molecule has 1 aliphatic heterocycles. The third-order valence-corrected chi connectivity index (χ3v) is 9.71. The van der Waals surface area contributed by atoms with Gasteiger partial charge in [0, 0.05) is 19.1 Å². The van der Waals surface area contributed by atoms with Gasteiger partial charge in [-0.05, 0) is 47.2 Å². The molecule has 6 nitrogen and oxygen atoms in total. The Morgan fingerprint density at radius 2 is 1.61 bits per heavy atom. The Kier molecular flexibility index (Phi) is 5.28. The average molecular weight is 437 g/mol. The summed E-state index contributed by atoms with van der Waals surface area (Å²) in [5.74, 6) is 0. The molecule has 0 atom stereocenters. The van der Waals surface area contributed by atoms with Crippen LogP contribution < -0.4 is 4.72 Å². The molecule has 9 heteroatoms. The van der Waals surface area contributed by atoms with Crippen molar-refractivity contribution in [3.8, 4) is 0 Å². The zero-order chi connectivity index (χ0) is 19.8. The van der Waals surface area contributed by atoms with Crippen LogP contribution in [-0.2, 0) is 20.0 Å². The normalized spacial score (nSPS) is 17.1. The summed E-state index contributed by atoms with van der Waals surface area (Å²) >= 11 is 1.16. The minimum absolute atomic E-state index is 0.267. The van der Waals surface area contributed by atoms with Crippen LogP contribution in [-0.4, -0.2) is 40.3 Å². The first-order chi connectivity index (χ1) is 13.4. The summed E-state index contributed by atoms with van der Waals surface area (Å²) in [4.78, 5) is 0.267. The van der Waals surface area contributed by atoms with Crippen LogP contribution in [0.15, 0.2) is 69.1 Å². The second kappa shape index (κ2) is 7.57. The lowest BCUT2D eigenvalue weighted by atomic mass is 10.1. The Balaban J connectivity index is 1.46. The SMILES string of the molecule is O=S(=O)(NC1CCN(S(=O)(=O)c2ccc3ccccc3c2)CC1)c1cccs1. The number of hydrogen-bond acceptors (Lipinski definition) is 5. The molecule has 2 aromatic carbocycles. The van der Waals surface area contributed by atoms with E-state index >= 15 is 0 Å². The van der Waals surface area contributed by atoms with Gasteiger partial charge >= 0.3 is 0 Å². The fraction of sp³-hybridized carbons (Fsp3) is 0.263. The van der Waals surface area contributed by atoms with Crippen LogP contribution >= 0.6 is 11.3 Å². The van der Waals surface area contributed by atoms with Crippen molar-refractivity contribution in [2.45, 2.75) is 28.0 Å². The molecule has 0 amide bonds. The van der Waals surface area contributed by atoms with Gasteiger partial charge in [0.15, 0.2) is 0 Å². The van der Waals surface area contributed by atoms with Crippen molar-refractivity contribution in [2.24, 2.45) is 0 Å². The van der Waals surface area contributed by atoms with E-state index in [2.05, 4.69) is 4.72 Å². The van der Waals surface area contributed by atoms with Crippen molar-refractivity contribution >= 4 is 42.2 Å². The molecular weight excluding hydrogens is 416 g/mol. The Hall–Kier alpha value is -1.78. The van der Waals surface area contributed by atoms with Crippen molar-refractivity contribution < 1.29 is 16.8 Å². The Morgan fingerprint density at radius 3 is 2.29 bits per heavy atom. The lowest BCUT2D eigenvalue weighted by Crippen LogP contribution is -2.46. The zero-order valence-corrected chi connectivity index (χ0v) is 17.4. The first-order valence-corrected chi connectivity index (χ1v) is 12.7. The van der Waals surface area contributed by atoms with E-state index < -0.39 is 20.0 Å². The number of fused-ring (bicyclic) bond motifs is 1. The summed E-state index contributed by atoms with van der Waals surface area (Å²) in [5, 5.41) is 3.58. The summed E-state index contributed by atoms with van der Waals surface area (Å²) in [6.45, 7) is 0.569. The van der Waals surface area contributed by atoms with Crippen molar-refractivity contribution in [2.75, 3.05) is 13.1 Å². The Labute approximate surface area is 168 Å². The third-order valence-electron chi connectivity index (χ3n) is 4.89. The van der Waals surface area contributed by atoms with Gasteiger partial charge < -0.3 is 0 Å². The molecule has 0 saturated carbocycles. The van der Waals surface area contributed by atoms with Crippen LogP contribution in [0.4, 0.5) is 0 Å². The molecule has 3 aromatic rings. The van der Waals surface area contributed by atoms with Gasteiger partial charge in [0.05, 0.1) is 4.90 Å². The first kappa shape index (κ1) is 19.5. The van der Waals surface area contributed by atoms with E-state index in [0.29, 0.717) is 12.8 Å². The molecule has 28 heavy (non-hydrogen) atoms. The Bertz CT molecular complexity index is 1180. The quantitative estimate of drug-likeness (QED) is 0.666. The summed E-state index contributed by atoms with van der Waals surface area (Å²) in [6.07, 6.45) is 0.884. The van der Waals surface area contributed by atoms with Crippen LogP contribution in [0.5, 0.6) is 0 Å². The number of hydrogen-bond donors (Lipinski definition) is 1. The highest BCUT2D eigenvalue weighted by Crippen LogP contribution is 2.25. The van der Waals surface area contributed by atoms with E-state index in [4.69, 9.17) is 0 Å². The van der Waals surface area contributed by atoms with Crippen LogP contribution in [0.1, 0.15) is 12.8 Å². The highest BCUT2D eigenvalue weighted by atomic mass is 32.2. The first-order valence-electron chi connectivity index (χ1n) is 8.91. The molecule has 0 spiro atoms. The second-order valence-electron chi connectivity index (χ2n) is 6.74. The average Bonchev–Trinajstić information content (AvgIpc) is 3.24. The predicted octanol–water partition coefficient (Wildman–Crippen LogP) is 3.03. The number of piperidine rings is 1. The van der Waals surface area contributed by atoms with Gasteiger partial charge in [-0.1, -0.05) is 36.4 Å². The van der Waals surface area contributed by atoms with Crippen LogP contribution in [0.2, 0.25) is 0 Å². The molecule has 1 aromatic heterocycles. The van der Waals surface area contributed by atoms with Gasteiger partial charge in [-0.25, -0.2) is 21.6 Å². The summed E-state index contributed by atoms with van der Waals surface area (Å²) in [5.41, 5.74) is 0. The highest BCUT2D eigenvalue weighted by Gasteiger charge is 2.31. The fourth-order valence-corrected chi connectivity index (χ4v) is 7.20. The highest BCUT2D eigenvalue weighted by molar-refractivity contribution is 7.91. The number of thiophene rings is 1. The summed E-state index contributed by atoms with van der Waals surface area (Å²) in [6, 6.07) is 15.7. The van der Waals surface area contributed by atoms with Crippen molar-refractivity contribution in [1.29, 1.82) is 0 Å². The van der Waals surface area contributed by atoms with E-state index in [-0.39, 0.29) is 28.2 Å². The van der Waals surface area contributed by atoms with E-state index in [1.165, 1.54) is 4.31 Å². The van der Waals surface area contributed by atoms with E-state index in [0.717, 1.165) is 22.1 Å². The van der Waals surface area contributed by atoms with Crippen LogP contribution in [0, 0.1) is 0 Å². The predicted molar refractivity (Wildman–Crippen MR) is 110 cm³/mol. The number of rotatable bonds is 5. The second-order valence-corrected chi connectivity index (χ2v) is 11.6. The molecule has 148 valence electrons. The van der Waals surface area contributed by atoms with Gasteiger partial charge in [-0.3, -0.25) is 0 Å². The van der Waals surface area contributed by atoms with Crippen molar-refractivity contribution in [3.05, 3.63) is 60.0 Å². The maximum absolute atomic E-state index is 13.0. The smallest absolute Gasteiger partial charge is 0.207 e. The van der Waals surface area contributed by atoms with E-state index in [9.17, 15) is 16.8 Å². The van der Waals surface area contributed by atoms with Crippen molar-refractivity contribution in [1.82, 2.24) is 9.03 Å². The largest absolute Gasteiger partial charge is 0.250 e. The van der Waals surface area contributed by atoms with Gasteiger partial charge in [0.2, 0.25) is 20.0 Å². The fourth-order valence-electron chi connectivity index (χ4n) is 3.38. The molecule has 0 radical (unpaired) electrons. The van der Waals surface area contributed by atoms with Crippen LogP contribution in [0.25, 0.3) is 10.8 Å². The minimum atomic E-state index is -3.61. The topological polar surface area (TPSA) is 83.6 Å². The molecule has 4 rings (SSSR count). The molecule has 0 unspecified atom stereocenters. The molecule has 1 saturated heterocycles. The minimum Gasteiger partial charge on any atom is -0.207 e. The van der Waals surface area contributed by atoms with Gasteiger partial charge in [0.1, 0.15) is 4.21 Å². The molecular formula is C19H20N2O4S3. The van der Waals surface area contributed by atoms with E-state index in [1.807, 2.05) is 30.3 Å².